The summed E-state index contributed by atoms with van der Waals surface area (Å²) in [4.78, 5) is 51.7. The lowest BCUT2D eigenvalue weighted by Gasteiger charge is -2.39. The second-order valence-electron chi connectivity index (χ2n) is 8.42. The van der Waals surface area contributed by atoms with Crippen LogP contribution in [0.25, 0.3) is 10.9 Å². The van der Waals surface area contributed by atoms with E-state index in [1.807, 2.05) is 30.5 Å². The van der Waals surface area contributed by atoms with Crippen LogP contribution in [0.4, 0.5) is 0 Å². The molecule has 0 aliphatic carbocycles. The largest absolute Gasteiger partial charge is 0.463 e. The Balaban J connectivity index is 1.69. The summed E-state index contributed by atoms with van der Waals surface area (Å²) in [6.07, 6.45) is -1.25. The van der Waals surface area contributed by atoms with Gasteiger partial charge in [-0.15, -0.1) is 0 Å². The van der Waals surface area contributed by atoms with Gasteiger partial charge in [0, 0.05) is 42.8 Å². The van der Waals surface area contributed by atoms with Crippen LogP contribution in [-0.2, 0) is 49.3 Å². The molecular weight excluding hydrogens is 470 g/mol. The number of ether oxygens (including phenoxy) is 5. The zero-order valence-electron chi connectivity index (χ0n) is 20.8. The molecule has 1 N–H and O–H groups in total. The minimum atomic E-state index is -1.07. The summed E-state index contributed by atoms with van der Waals surface area (Å²) in [7, 11) is 0. The van der Waals surface area contributed by atoms with Gasteiger partial charge in [-0.3, -0.25) is 19.2 Å². The van der Waals surface area contributed by atoms with E-state index in [0.29, 0.717) is 6.42 Å². The third-order valence-corrected chi connectivity index (χ3v) is 5.85. The van der Waals surface area contributed by atoms with Crippen LogP contribution in [0.2, 0.25) is 0 Å². The molecule has 1 aromatic carbocycles. The van der Waals surface area contributed by atoms with Crippen molar-refractivity contribution in [3.63, 3.8) is 0 Å². The van der Waals surface area contributed by atoms with Gasteiger partial charge in [0.05, 0.1) is 6.42 Å². The van der Waals surface area contributed by atoms with Crippen molar-refractivity contribution < 1.29 is 42.9 Å². The quantitative estimate of drug-likeness (QED) is 0.362. The highest BCUT2D eigenvalue weighted by Crippen LogP contribution is 2.28. The van der Waals surface area contributed by atoms with Gasteiger partial charge < -0.3 is 28.7 Å². The van der Waals surface area contributed by atoms with Crippen molar-refractivity contribution >= 4 is 34.8 Å². The van der Waals surface area contributed by atoms with E-state index >= 15 is 0 Å². The fourth-order valence-electron chi connectivity index (χ4n) is 3.91. The minimum Gasteiger partial charge on any atom is -0.463 e. The Labute approximate surface area is 209 Å². The van der Waals surface area contributed by atoms with Crippen LogP contribution in [0.5, 0.6) is 0 Å². The lowest BCUT2D eigenvalue weighted by atomic mass is 10.0. The number of aryl methyl sites for hydroxylation is 1. The van der Waals surface area contributed by atoms with Gasteiger partial charge in [0.15, 0.2) is 6.10 Å². The molecule has 10 nitrogen and oxygen atoms in total. The van der Waals surface area contributed by atoms with E-state index in [1.54, 1.807) is 20.8 Å². The molecule has 0 unspecified atom stereocenters. The molecule has 1 aliphatic rings. The number of hydrogen-bond donors (Lipinski definition) is 1. The number of fused-ring (bicyclic) bond motifs is 1. The van der Waals surface area contributed by atoms with Gasteiger partial charge in [-0.05, 0) is 18.1 Å². The zero-order chi connectivity index (χ0) is 26.1. The summed E-state index contributed by atoms with van der Waals surface area (Å²) >= 11 is 0. The smallest absolute Gasteiger partial charge is 0.308 e. The van der Waals surface area contributed by atoms with Gasteiger partial charge in [-0.2, -0.15) is 0 Å². The highest BCUT2D eigenvalue weighted by Gasteiger charge is 2.45. The number of para-hydroxylation sites is 1. The maximum absolute atomic E-state index is 12.7. The van der Waals surface area contributed by atoms with E-state index in [1.165, 1.54) is 0 Å². The van der Waals surface area contributed by atoms with Crippen molar-refractivity contribution in [2.24, 2.45) is 0 Å². The van der Waals surface area contributed by atoms with E-state index in [9.17, 15) is 19.2 Å². The minimum absolute atomic E-state index is 0.0234. The third kappa shape index (κ3) is 7.30. The summed E-state index contributed by atoms with van der Waals surface area (Å²) in [5.41, 5.74) is 1.96. The fraction of sp³-hybridized carbons (Fsp3) is 0.538. The zero-order valence-corrected chi connectivity index (χ0v) is 20.8. The number of aromatic nitrogens is 1. The standard InChI is InChI=1S/C26H33NO9/c1-4-21(28)32-15-20-26(36-23(30)6-3)19(33-22(29)5-2)13-25(34-20)35-24(31)12-11-16-14-27-18-10-8-7-9-17(16)18/h7-10,14,19-20,25-27H,4-6,11-13,15H2,1-3H3/t19-,20-,25+,26+/m1/s1. The number of nitrogens with one attached hydrogen (secondary N) is 1. The van der Waals surface area contributed by atoms with Crippen LogP contribution in [0.3, 0.4) is 0 Å². The number of benzene rings is 1. The molecule has 0 spiro atoms. The third-order valence-electron chi connectivity index (χ3n) is 5.85. The van der Waals surface area contributed by atoms with Gasteiger partial charge in [0.1, 0.15) is 18.8 Å². The van der Waals surface area contributed by atoms with Crippen LogP contribution in [0.1, 0.15) is 58.4 Å². The monoisotopic (exact) mass is 503 g/mol. The maximum Gasteiger partial charge on any atom is 0.308 e. The van der Waals surface area contributed by atoms with Crippen molar-refractivity contribution in [3.05, 3.63) is 36.0 Å². The molecule has 4 atom stereocenters. The molecule has 0 radical (unpaired) electrons. The van der Waals surface area contributed by atoms with Crippen molar-refractivity contribution in [2.45, 2.75) is 83.9 Å². The first-order chi connectivity index (χ1) is 17.3. The van der Waals surface area contributed by atoms with E-state index in [2.05, 4.69) is 4.98 Å². The average Bonchev–Trinajstić information content (AvgIpc) is 3.30. The summed E-state index contributed by atoms with van der Waals surface area (Å²) in [5.74, 6) is -2.01. The van der Waals surface area contributed by atoms with E-state index < -0.39 is 48.5 Å². The second kappa shape index (κ2) is 13.1. The van der Waals surface area contributed by atoms with Crippen molar-refractivity contribution in [1.82, 2.24) is 4.98 Å². The Bertz CT molecular complexity index is 1060. The molecule has 3 rings (SSSR count). The predicted molar refractivity (Wildman–Crippen MR) is 128 cm³/mol. The Morgan fingerprint density at radius 3 is 2.33 bits per heavy atom. The van der Waals surface area contributed by atoms with Gasteiger partial charge in [-0.25, -0.2) is 0 Å². The molecule has 196 valence electrons. The number of rotatable bonds is 11. The fourth-order valence-corrected chi connectivity index (χ4v) is 3.91. The molecule has 2 heterocycles. The van der Waals surface area contributed by atoms with Crippen molar-refractivity contribution in [2.75, 3.05) is 6.61 Å². The first kappa shape index (κ1) is 27.2. The first-order valence-electron chi connectivity index (χ1n) is 12.3. The molecule has 0 bridgehead atoms. The molecule has 1 saturated heterocycles. The van der Waals surface area contributed by atoms with E-state index in [4.69, 9.17) is 23.7 Å². The molecule has 1 fully saturated rings. The van der Waals surface area contributed by atoms with E-state index in [0.717, 1.165) is 16.5 Å². The summed E-state index contributed by atoms with van der Waals surface area (Å²) in [6.45, 7) is 4.65. The molecule has 0 amide bonds. The van der Waals surface area contributed by atoms with Gasteiger partial charge in [0.2, 0.25) is 6.29 Å². The van der Waals surface area contributed by atoms with Gasteiger partial charge in [0.25, 0.3) is 0 Å². The Morgan fingerprint density at radius 2 is 1.61 bits per heavy atom. The number of carbonyl (C=O) groups excluding carboxylic acids is 4. The number of aromatic amines is 1. The average molecular weight is 504 g/mol. The van der Waals surface area contributed by atoms with Crippen LogP contribution in [0.15, 0.2) is 30.5 Å². The van der Waals surface area contributed by atoms with Crippen LogP contribution < -0.4 is 0 Å². The Morgan fingerprint density at radius 1 is 0.917 bits per heavy atom. The number of hydrogen-bond acceptors (Lipinski definition) is 9. The Kier molecular flexibility index (Phi) is 9.86. The predicted octanol–water partition coefficient (Wildman–Crippen LogP) is 3.36. The van der Waals surface area contributed by atoms with E-state index in [-0.39, 0.29) is 38.7 Å². The first-order valence-corrected chi connectivity index (χ1v) is 12.3. The number of H-pyrrole nitrogens is 1. The summed E-state index contributed by atoms with van der Waals surface area (Å²) < 4.78 is 27.6. The highest BCUT2D eigenvalue weighted by atomic mass is 16.7. The number of carbonyl (C=O) groups is 4. The maximum atomic E-state index is 12.7. The topological polar surface area (TPSA) is 130 Å². The van der Waals surface area contributed by atoms with Gasteiger partial charge >= 0.3 is 23.9 Å². The molecule has 36 heavy (non-hydrogen) atoms. The lowest BCUT2D eigenvalue weighted by molar-refractivity contribution is -0.261. The molecule has 1 aliphatic heterocycles. The van der Waals surface area contributed by atoms with Crippen LogP contribution >= 0.6 is 0 Å². The second-order valence-corrected chi connectivity index (χ2v) is 8.42. The molecule has 1 aromatic heterocycles. The van der Waals surface area contributed by atoms with Crippen molar-refractivity contribution in [1.29, 1.82) is 0 Å². The normalized spacial score (nSPS) is 21.5. The summed E-state index contributed by atoms with van der Waals surface area (Å²) in [5, 5.41) is 1.03. The SMILES string of the molecule is CCC(=O)OC[C@H]1O[C@@H](OC(=O)CCc2c[nH]c3ccccc23)C[C@@H](OC(=O)CC)[C@@H]1OC(=O)CC. The molecule has 2 aromatic rings. The van der Waals surface area contributed by atoms with Gasteiger partial charge in [-0.1, -0.05) is 39.0 Å². The van der Waals surface area contributed by atoms with Crippen LogP contribution in [-0.4, -0.2) is 60.1 Å². The molecular formula is C26H33NO9. The number of esters is 4. The van der Waals surface area contributed by atoms with Crippen LogP contribution in [0, 0.1) is 0 Å². The Hall–Kier alpha value is -3.40. The van der Waals surface area contributed by atoms with Crippen molar-refractivity contribution in [3.8, 4) is 0 Å². The highest BCUT2D eigenvalue weighted by molar-refractivity contribution is 5.83. The molecule has 10 heteroatoms. The summed E-state index contributed by atoms with van der Waals surface area (Å²) in [6, 6.07) is 7.79. The lowest BCUT2D eigenvalue weighted by Crippen LogP contribution is -2.54. The molecule has 0 saturated carbocycles.